The maximum Gasteiger partial charge on any atom is 0.337 e. The van der Waals surface area contributed by atoms with E-state index in [-0.39, 0.29) is 18.0 Å². The number of aromatic nitrogens is 2. The maximum atomic E-state index is 13.5. The molecule has 1 saturated heterocycles. The van der Waals surface area contributed by atoms with Crippen molar-refractivity contribution >= 4 is 39.1 Å². The fraction of sp³-hybridized carbons (Fsp3) is 0.435. The number of hydrogen-bond acceptors (Lipinski definition) is 4. The zero-order valence-electron chi connectivity index (χ0n) is 18.1. The Morgan fingerprint density at radius 3 is 2.32 bits per heavy atom. The van der Waals surface area contributed by atoms with Gasteiger partial charge in [-0.25, -0.2) is 9.36 Å². The third kappa shape index (κ3) is 3.96. The van der Waals surface area contributed by atoms with Crippen LogP contribution < -0.4 is 11.2 Å². The van der Waals surface area contributed by atoms with Crippen molar-refractivity contribution in [2.75, 3.05) is 13.1 Å². The Balaban J connectivity index is 1.87. The average molecular weight is 460 g/mol. The van der Waals surface area contributed by atoms with Gasteiger partial charge in [0, 0.05) is 23.0 Å². The van der Waals surface area contributed by atoms with Gasteiger partial charge in [0.05, 0.1) is 11.1 Å². The van der Waals surface area contributed by atoms with Gasteiger partial charge in [0.2, 0.25) is 5.91 Å². The number of carbonyl (C=O) groups is 1. The number of carbonyl (C=O) groups excluding carboxylic acids is 1. The molecule has 8 heteroatoms. The summed E-state index contributed by atoms with van der Waals surface area (Å²) in [6.45, 7) is 9.41. The van der Waals surface area contributed by atoms with Crippen LogP contribution in [0.1, 0.15) is 30.7 Å². The molecule has 4 rings (SSSR count). The number of aryl methyl sites for hydroxylation is 2. The number of likely N-dealkylation sites (tertiary alicyclic amines) is 1. The van der Waals surface area contributed by atoms with Crippen LogP contribution in [0.5, 0.6) is 0 Å². The van der Waals surface area contributed by atoms with Crippen LogP contribution in [0.3, 0.4) is 0 Å². The Morgan fingerprint density at radius 1 is 1.10 bits per heavy atom. The molecule has 0 aliphatic carbocycles. The first-order valence-corrected chi connectivity index (χ1v) is 11.7. The number of hydrogen-bond donors (Lipinski definition) is 0. The Bertz CT molecular complexity index is 1260. The lowest BCUT2D eigenvalue weighted by Crippen LogP contribution is -2.46. The van der Waals surface area contributed by atoms with E-state index in [0.717, 1.165) is 21.4 Å². The summed E-state index contributed by atoms with van der Waals surface area (Å²) < 4.78 is 2.61. The largest absolute Gasteiger partial charge is 0.341 e. The number of benzene rings is 1. The van der Waals surface area contributed by atoms with Crippen molar-refractivity contribution < 1.29 is 4.79 Å². The molecule has 1 fully saturated rings. The first kappa shape index (κ1) is 21.8. The van der Waals surface area contributed by atoms with Crippen molar-refractivity contribution in [3.8, 4) is 5.69 Å². The molecule has 3 heterocycles. The number of nitrogens with zero attached hydrogens (tertiary/aromatic N) is 3. The van der Waals surface area contributed by atoms with Gasteiger partial charge in [0.15, 0.2) is 0 Å². The Hall–Kier alpha value is -2.38. The zero-order chi connectivity index (χ0) is 22.4. The molecule has 0 bridgehead atoms. The molecule has 0 spiro atoms. The first-order valence-electron chi connectivity index (χ1n) is 10.5. The van der Waals surface area contributed by atoms with E-state index in [9.17, 15) is 14.4 Å². The third-order valence-corrected chi connectivity index (χ3v) is 7.53. The molecule has 0 saturated carbocycles. The van der Waals surface area contributed by atoms with Gasteiger partial charge in [0.1, 0.15) is 11.4 Å². The maximum absolute atomic E-state index is 13.5. The van der Waals surface area contributed by atoms with E-state index in [1.165, 1.54) is 15.9 Å². The van der Waals surface area contributed by atoms with Crippen LogP contribution >= 0.6 is 22.9 Å². The lowest BCUT2D eigenvalue weighted by molar-refractivity contribution is -0.134. The normalized spacial score (nSPS) is 19.2. The van der Waals surface area contributed by atoms with Gasteiger partial charge in [-0.15, -0.1) is 11.3 Å². The molecule has 1 aliphatic heterocycles. The van der Waals surface area contributed by atoms with E-state index >= 15 is 0 Å². The number of fused-ring (bicyclic) bond motifs is 1. The standard InChI is InChI=1S/C23H26ClN3O3S/c1-13-9-14(2)11-25(10-13)19(28)12-26-22-20(15(3)16(4)31-22)21(29)27(23(26)30)18-7-5-17(24)6-8-18/h5-8,13-14H,9-12H2,1-4H3/t13-,14-/m0/s1. The molecule has 6 nitrogen and oxygen atoms in total. The molecule has 0 radical (unpaired) electrons. The molecule has 3 aromatic rings. The molecule has 1 aromatic carbocycles. The first-order chi connectivity index (χ1) is 14.7. The minimum absolute atomic E-state index is 0.0813. The molecule has 2 aromatic heterocycles. The predicted octanol–water partition coefficient (Wildman–Crippen LogP) is 3.99. The van der Waals surface area contributed by atoms with E-state index < -0.39 is 5.69 Å². The fourth-order valence-corrected chi connectivity index (χ4v) is 5.78. The van der Waals surface area contributed by atoms with Gasteiger partial charge in [0.25, 0.3) is 5.56 Å². The summed E-state index contributed by atoms with van der Waals surface area (Å²) in [4.78, 5) is 43.4. The zero-order valence-corrected chi connectivity index (χ0v) is 19.7. The number of amides is 1. The molecule has 1 amide bonds. The number of halogens is 1. The van der Waals surface area contributed by atoms with E-state index in [1.54, 1.807) is 24.3 Å². The molecule has 164 valence electrons. The lowest BCUT2D eigenvalue weighted by Gasteiger charge is -2.35. The summed E-state index contributed by atoms with van der Waals surface area (Å²) in [6.07, 6.45) is 1.10. The highest BCUT2D eigenvalue weighted by Crippen LogP contribution is 2.28. The van der Waals surface area contributed by atoms with Gasteiger partial charge < -0.3 is 4.90 Å². The summed E-state index contributed by atoms with van der Waals surface area (Å²) >= 11 is 7.38. The van der Waals surface area contributed by atoms with E-state index in [1.807, 2.05) is 18.7 Å². The van der Waals surface area contributed by atoms with Crippen molar-refractivity contribution in [1.82, 2.24) is 14.0 Å². The van der Waals surface area contributed by atoms with Gasteiger partial charge in [-0.3, -0.25) is 14.2 Å². The molecule has 31 heavy (non-hydrogen) atoms. The average Bonchev–Trinajstić information content (AvgIpc) is 3.00. The molecule has 1 aliphatic rings. The van der Waals surface area contributed by atoms with Crippen LogP contribution in [0.4, 0.5) is 0 Å². The van der Waals surface area contributed by atoms with Crippen molar-refractivity contribution in [2.24, 2.45) is 11.8 Å². The molecule has 0 unspecified atom stereocenters. The van der Waals surface area contributed by atoms with Crippen LogP contribution in [0, 0.1) is 25.7 Å². The van der Waals surface area contributed by atoms with Crippen molar-refractivity contribution in [1.29, 1.82) is 0 Å². The lowest BCUT2D eigenvalue weighted by atomic mass is 9.92. The minimum atomic E-state index is -0.507. The Morgan fingerprint density at radius 2 is 1.71 bits per heavy atom. The summed E-state index contributed by atoms with van der Waals surface area (Å²) in [6, 6.07) is 6.58. The highest BCUT2D eigenvalue weighted by Gasteiger charge is 2.27. The van der Waals surface area contributed by atoms with Crippen LogP contribution in [-0.2, 0) is 11.3 Å². The fourth-order valence-electron chi connectivity index (χ4n) is 4.52. The Kier molecular flexibility index (Phi) is 5.83. The number of thiophene rings is 1. The van der Waals surface area contributed by atoms with Gasteiger partial charge >= 0.3 is 5.69 Å². The van der Waals surface area contributed by atoms with Crippen LogP contribution in [0.15, 0.2) is 33.9 Å². The van der Waals surface area contributed by atoms with Gasteiger partial charge in [-0.1, -0.05) is 25.4 Å². The highest BCUT2D eigenvalue weighted by atomic mass is 35.5. The Labute approximate surface area is 189 Å². The van der Waals surface area contributed by atoms with E-state index in [0.29, 0.717) is 45.9 Å². The number of piperidine rings is 1. The third-order valence-electron chi connectivity index (χ3n) is 6.05. The quantitative estimate of drug-likeness (QED) is 0.594. The van der Waals surface area contributed by atoms with E-state index in [2.05, 4.69) is 13.8 Å². The summed E-state index contributed by atoms with van der Waals surface area (Å²) in [7, 11) is 0. The molecule has 2 atom stereocenters. The molecular formula is C23H26ClN3O3S. The monoisotopic (exact) mass is 459 g/mol. The number of rotatable bonds is 3. The van der Waals surface area contributed by atoms with Crippen molar-refractivity contribution in [2.45, 2.75) is 40.7 Å². The topological polar surface area (TPSA) is 64.3 Å². The van der Waals surface area contributed by atoms with Crippen molar-refractivity contribution in [3.63, 3.8) is 0 Å². The predicted molar refractivity (Wildman–Crippen MR) is 126 cm³/mol. The second kappa shape index (κ2) is 8.28. The minimum Gasteiger partial charge on any atom is -0.341 e. The second-order valence-corrected chi connectivity index (χ2v) is 10.3. The van der Waals surface area contributed by atoms with Gasteiger partial charge in [-0.2, -0.15) is 0 Å². The molecule has 0 N–H and O–H groups in total. The van der Waals surface area contributed by atoms with Crippen molar-refractivity contribution in [3.05, 3.63) is 60.6 Å². The molecular weight excluding hydrogens is 434 g/mol. The van der Waals surface area contributed by atoms with Crippen LogP contribution in [-0.4, -0.2) is 33.0 Å². The SMILES string of the molecule is Cc1sc2c(c1C)c(=O)n(-c1ccc(Cl)cc1)c(=O)n2CC(=O)N1C[C@@H](C)C[C@H](C)C1. The van der Waals surface area contributed by atoms with Gasteiger partial charge in [-0.05, 0) is 61.9 Å². The van der Waals surface area contributed by atoms with Crippen LogP contribution in [0.25, 0.3) is 15.9 Å². The summed E-state index contributed by atoms with van der Waals surface area (Å²) in [5.41, 5.74) is 0.403. The summed E-state index contributed by atoms with van der Waals surface area (Å²) in [5, 5.41) is 1.01. The highest BCUT2D eigenvalue weighted by molar-refractivity contribution is 7.18. The van der Waals surface area contributed by atoms with E-state index in [4.69, 9.17) is 11.6 Å². The van der Waals surface area contributed by atoms with Crippen LogP contribution in [0.2, 0.25) is 5.02 Å². The smallest absolute Gasteiger partial charge is 0.337 e. The summed E-state index contributed by atoms with van der Waals surface area (Å²) in [5.74, 6) is 0.768. The second-order valence-electron chi connectivity index (χ2n) is 8.69.